The largest absolute Gasteiger partial charge is 0.481 e. The van der Waals surface area contributed by atoms with Crippen LogP contribution in [0.15, 0.2) is 59.7 Å². The summed E-state index contributed by atoms with van der Waals surface area (Å²) in [6.45, 7) is 0.159. The molecule has 1 heterocycles. The number of nitrogens with zero attached hydrogens (tertiary/aromatic N) is 1. The van der Waals surface area contributed by atoms with Gasteiger partial charge in [0.2, 0.25) is 11.8 Å². The van der Waals surface area contributed by atoms with Gasteiger partial charge in [-0.25, -0.2) is 9.79 Å². The highest BCUT2D eigenvalue weighted by molar-refractivity contribution is 5.95. The smallest absolute Gasteiger partial charge is 0.326 e. The van der Waals surface area contributed by atoms with Crippen molar-refractivity contribution in [1.29, 1.82) is 0 Å². The number of hydrogen-bond acceptors (Lipinski definition) is 6. The van der Waals surface area contributed by atoms with E-state index in [1.807, 2.05) is 12.1 Å². The van der Waals surface area contributed by atoms with Crippen LogP contribution in [0.5, 0.6) is 0 Å². The Kier molecular flexibility index (Phi) is 10.4. The number of carbonyl (C=O) groups is 5. The number of carbonyl (C=O) groups excluding carboxylic acids is 3. The summed E-state index contributed by atoms with van der Waals surface area (Å²) in [4.78, 5) is 67.8. The van der Waals surface area contributed by atoms with Crippen LogP contribution in [0.3, 0.4) is 0 Å². The molecule has 1 aromatic heterocycles. The summed E-state index contributed by atoms with van der Waals surface area (Å²) in [5.74, 6) is -4.87. The van der Waals surface area contributed by atoms with Crippen molar-refractivity contribution in [3.05, 3.63) is 71.4 Å². The van der Waals surface area contributed by atoms with Gasteiger partial charge < -0.3 is 42.6 Å². The van der Waals surface area contributed by atoms with Gasteiger partial charge in [0.15, 0.2) is 5.96 Å². The number of aromatic amines is 1. The maximum absolute atomic E-state index is 12.8. The molecule has 0 aliphatic rings. The van der Waals surface area contributed by atoms with Gasteiger partial charge in [-0.1, -0.05) is 30.3 Å². The van der Waals surface area contributed by atoms with E-state index in [1.165, 1.54) is 0 Å². The Morgan fingerprint density at radius 3 is 2.29 bits per heavy atom. The molecule has 0 saturated carbocycles. The van der Waals surface area contributed by atoms with Crippen LogP contribution in [0.1, 0.15) is 34.3 Å². The molecule has 3 amide bonds. The van der Waals surface area contributed by atoms with Gasteiger partial charge in [-0.3, -0.25) is 19.2 Å². The summed E-state index contributed by atoms with van der Waals surface area (Å²) in [6.07, 6.45) is 0.545. The summed E-state index contributed by atoms with van der Waals surface area (Å²) in [6, 6.07) is 10.8. The third-order valence-electron chi connectivity index (χ3n) is 6.04. The predicted molar refractivity (Wildman–Crippen MR) is 149 cm³/mol. The van der Waals surface area contributed by atoms with E-state index < -0.39 is 48.2 Å². The van der Waals surface area contributed by atoms with E-state index in [4.69, 9.17) is 11.5 Å². The number of nitrogens with one attached hydrogen (secondary N) is 4. The zero-order chi connectivity index (χ0) is 29.9. The third kappa shape index (κ3) is 9.09. The van der Waals surface area contributed by atoms with Crippen molar-refractivity contribution in [2.45, 2.75) is 37.9 Å². The summed E-state index contributed by atoms with van der Waals surface area (Å²) in [7, 11) is 0. The average molecular weight is 566 g/mol. The van der Waals surface area contributed by atoms with Crippen molar-refractivity contribution >= 4 is 46.5 Å². The van der Waals surface area contributed by atoms with Crippen LogP contribution in [0.25, 0.3) is 10.9 Å². The monoisotopic (exact) mass is 565 g/mol. The first-order valence-corrected chi connectivity index (χ1v) is 12.6. The van der Waals surface area contributed by atoms with Crippen molar-refractivity contribution in [1.82, 2.24) is 20.9 Å². The average Bonchev–Trinajstić information content (AvgIpc) is 3.33. The molecule has 0 aliphatic carbocycles. The van der Waals surface area contributed by atoms with Crippen LogP contribution in [-0.4, -0.2) is 69.4 Å². The number of fused-ring (bicyclic) bond motifs is 1. The van der Waals surface area contributed by atoms with Gasteiger partial charge in [-0.2, -0.15) is 0 Å². The Hall–Kier alpha value is -5.40. The number of amides is 3. The number of carboxylic acids is 2. The number of rotatable bonds is 14. The zero-order valence-electron chi connectivity index (χ0n) is 21.9. The first-order valence-electron chi connectivity index (χ1n) is 12.6. The Morgan fingerprint density at radius 1 is 0.927 bits per heavy atom. The first-order chi connectivity index (χ1) is 19.5. The minimum Gasteiger partial charge on any atom is -0.481 e. The number of aliphatic carboxylic acids is 2. The standard InChI is InChI=1S/C27H31N7O7/c28-27(29)32-13-15-5-7-16(8-6-15)24(38)30-10-9-22(35)33-20(12-23(36)37)25(39)34-21(26(40)41)11-17-14-31-19-4-2-1-3-18(17)19/h1-8,14,20-21,31H,9-13H2,(H,30,38)(H,33,35)(H,34,39)(H,36,37)(H,40,41)(H4,28,29,32)/t20-,21+/m0/s1. The van der Waals surface area contributed by atoms with E-state index >= 15 is 0 Å². The lowest BCUT2D eigenvalue weighted by molar-refractivity contribution is -0.143. The highest BCUT2D eigenvalue weighted by Crippen LogP contribution is 2.19. The van der Waals surface area contributed by atoms with E-state index in [2.05, 4.69) is 25.9 Å². The van der Waals surface area contributed by atoms with Crippen LogP contribution in [-0.2, 0) is 32.1 Å². The van der Waals surface area contributed by atoms with E-state index in [-0.39, 0.29) is 31.9 Å². The molecule has 0 saturated heterocycles. The molecule has 41 heavy (non-hydrogen) atoms. The number of para-hydroxylation sites is 1. The first kappa shape index (κ1) is 30.1. The number of carboxylic acid groups (broad SMARTS) is 2. The molecule has 216 valence electrons. The van der Waals surface area contributed by atoms with Gasteiger partial charge in [-0.15, -0.1) is 0 Å². The van der Waals surface area contributed by atoms with Crippen molar-refractivity contribution < 1.29 is 34.2 Å². The predicted octanol–water partition coefficient (Wildman–Crippen LogP) is -0.167. The maximum Gasteiger partial charge on any atom is 0.326 e. The molecule has 2 aromatic carbocycles. The lowest BCUT2D eigenvalue weighted by Gasteiger charge is -2.20. The summed E-state index contributed by atoms with van der Waals surface area (Å²) >= 11 is 0. The van der Waals surface area contributed by atoms with Gasteiger partial charge in [0.1, 0.15) is 12.1 Å². The molecule has 0 spiro atoms. The fourth-order valence-electron chi connectivity index (χ4n) is 3.98. The second-order valence-corrected chi connectivity index (χ2v) is 9.12. The highest BCUT2D eigenvalue weighted by Gasteiger charge is 2.29. The second-order valence-electron chi connectivity index (χ2n) is 9.12. The molecule has 14 heteroatoms. The Balaban J connectivity index is 1.54. The third-order valence-corrected chi connectivity index (χ3v) is 6.04. The molecule has 10 N–H and O–H groups in total. The molecule has 3 rings (SSSR count). The molecule has 0 fully saturated rings. The number of hydrogen-bond donors (Lipinski definition) is 8. The minimum absolute atomic E-state index is 0.0553. The summed E-state index contributed by atoms with van der Waals surface area (Å²) in [5.41, 5.74) is 13.1. The number of aliphatic imine (C=N–C) groups is 1. The van der Waals surface area contributed by atoms with E-state index in [1.54, 1.807) is 42.6 Å². The lowest BCUT2D eigenvalue weighted by atomic mass is 10.0. The van der Waals surface area contributed by atoms with E-state index in [9.17, 15) is 34.2 Å². The second kappa shape index (κ2) is 14.1. The normalized spacial score (nSPS) is 12.1. The van der Waals surface area contributed by atoms with Crippen molar-refractivity contribution in [2.75, 3.05) is 6.54 Å². The van der Waals surface area contributed by atoms with Crippen LogP contribution in [0.4, 0.5) is 0 Å². The van der Waals surface area contributed by atoms with E-state index in [0.717, 1.165) is 16.5 Å². The summed E-state index contributed by atoms with van der Waals surface area (Å²) < 4.78 is 0. The minimum atomic E-state index is -1.53. The van der Waals surface area contributed by atoms with Crippen LogP contribution in [0, 0.1) is 0 Å². The zero-order valence-corrected chi connectivity index (χ0v) is 21.9. The van der Waals surface area contributed by atoms with Crippen molar-refractivity contribution in [3.63, 3.8) is 0 Å². The Bertz CT molecular complexity index is 1450. The van der Waals surface area contributed by atoms with E-state index in [0.29, 0.717) is 11.1 Å². The van der Waals surface area contributed by atoms with Gasteiger partial charge in [0, 0.05) is 42.0 Å². The van der Waals surface area contributed by atoms with Crippen LogP contribution in [0.2, 0.25) is 0 Å². The fraction of sp³-hybridized carbons (Fsp3) is 0.259. The molecular weight excluding hydrogens is 534 g/mol. The summed E-state index contributed by atoms with van der Waals surface area (Å²) in [5, 5.41) is 26.9. The maximum atomic E-state index is 12.8. The van der Waals surface area contributed by atoms with Crippen molar-refractivity contribution in [2.24, 2.45) is 16.5 Å². The highest BCUT2D eigenvalue weighted by atomic mass is 16.4. The molecule has 3 aromatic rings. The molecule has 14 nitrogen and oxygen atoms in total. The molecular formula is C27H31N7O7. The molecule has 2 atom stereocenters. The number of aromatic nitrogens is 1. The quantitative estimate of drug-likeness (QED) is 0.0954. The van der Waals surface area contributed by atoms with Gasteiger partial charge in [0.25, 0.3) is 5.91 Å². The van der Waals surface area contributed by atoms with Gasteiger partial charge >= 0.3 is 11.9 Å². The molecule has 0 aliphatic heterocycles. The SMILES string of the molecule is NC(N)=NCc1ccc(C(=O)NCCC(=O)N[C@@H](CC(=O)O)C(=O)N[C@H](Cc2c[nH]c3ccccc23)C(=O)O)cc1. The number of nitrogens with two attached hydrogens (primary N) is 2. The molecule has 0 bridgehead atoms. The fourth-order valence-corrected chi connectivity index (χ4v) is 3.98. The van der Waals surface area contributed by atoms with Crippen molar-refractivity contribution in [3.8, 4) is 0 Å². The topological polar surface area (TPSA) is 242 Å². The Morgan fingerprint density at radius 2 is 1.63 bits per heavy atom. The van der Waals surface area contributed by atoms with Gasteiger partial charge in [0.05, 0.1) is 13.0 Å². The van der Waals surface area contributed by atoms with Gasteiger partial charge in [-0.05, 0) is 29.3 Å². The van der Waals surface area contributed by atoms with Crippen LogP contribution < -0.4 is 27.4 Å². The molecule has 0 unspecified atom stereocenters. The Labute approximate surface area is 234 Å². The van der Waals surface area contributed by atoms with Crippen LogP contribution >= 0.6 is 0 Å². The lowest BCUT2D eigenvalue weighted by Crippen LogP contribution is -2.53. The number of H-pyrrole nitrogens is 1. The molecule has 0 radical (unpaired) electrons. The number of guanidine groups is 1. The number of benzene rings is 2.